The molecule has 1 aromatic carbocycles. The minimum Gasteiger partial charge on any atom is -0.493 e. The van der Waals surface area contributed by atoms with E-state index < -0.39 is 0 Å². The summed E-state index contributed by atoms with van der Waals surface area (Å²) in [6, 6.07) is 8.24. The zero-order chi connectivity index (χ0) is 17.2. The number of benzene rings is 1. The highest BCUT2D eigenvalue weighted by Crippen LogP contribution is 2.35. The van der Waals surface area contributed by atoms with Crippen LogP contribution in [-0.2, 0) is 4.74 Å². The molecule has 1 aromatic rings. The number of rotatable bonds is 3. The lowest BCUT2D eigenvalue weighted by atomic mass is 9.90. The molecule has 0 radical (unpaired) electrons. The Kier molecular flexibility index (Phi) is 4.84. The van der Waals surface area contributed by atoms with Gasteiger partial charge in [0.15, 0.2) is 0 Å². The van der Waals surface area contributed by atoms with Crippen LogP contribution < -0.4 is 10.1 Å². The summed E-state index contributed by atoms with van der Waals surface area (Å²) in [4.78, 5) is 14.6. The Balaban J connectivity index is 1.29. The monoisotopic (exact) mass is 344 g/mol. The number of amides is 2. The molecule has 3 atom stereocenters. The molecule has 0 bridgehead atoms. The molecule has 3 aliphatic heterocycles. The summed E-state index contributed by atoms with van der Waals surface area (Å²) in [5.74, 6) is 1.80. The van der Waals surface area contributed by atoms with Gasteiger partial charge in [-0.15, -0.1) is 0 Å². The Morgan fingerprint density at radius 1 is 1.24 bits per heavy atom. The molecule has 0 saturated carbocycles. The van der Waals surface area contributed by atoms with Gasteiger partial charge < -0.3 is 19.7 Å². The van der Waals surface area contributed by atoms with Gasteiger partial charge >= 0.3 is 6.03 Å². The first-order chi connectivity index (χ1) is 12.2. The van der Waals surface area contributed by atoms with Gasteiger partial charge in [-0.05, 0) is 44.6 Å². The summed E-state index contributed by atoms with van der Waals surface area (Å²) in [5.41, 5.74) is 1.20. The number of nitrogens with one attached hydrogen (secondary N) is 1. The Morgan fingerprint density at radius 2 is 2.04 bits per heavy atom. The molecule has 2 amide bonds. The van der Waals surface area contributed by atoms with E-state index in [-0.39, 0.29) is 18.0 Å². The van der Waals surface area contributed by atoms with Crippen LogP contribution in [0.3, 0.4) is 0 Å². The Hall–Kier alpha value is -1.75. The van der Waals surface area contributed by atoms with E-state index in [0.717, 1.165) is 38.3 Å². The number of hydrogen-bond donors (Lipinski definition) is 1. The molecule has 2 saturated heterocycles. The first kappa shape index (κ1) is 16.7. The van der Waals surface area contributed by atoms with Crippen molar-refractivity contribution < 1.29 is 14.3 Å². The number of urea groups is 1. The Labute approximate surface area is 149 Å². The van der Waals surface area contributed by atoms with E-state index in [4.69, 9.17) is 9.47 Å². The van der Waals surface area contributed by atoms with Gasteiger partial charge in [-0.2, -0.15) is 0 Å². The van der Waals surface area contributed by atoms with Crippen molar-refractivity contribution >= 4 is 6.03 Å². The molecule has 3 aliphatic rings. The second kappa shape index (κ2) is 7.24. The molecule has 136 valence electrons. The third-order valence-corrected chi connectivity index (χ3v) is 6.01. The van der Waals surface area contributed by atoms with E-state index in [0.29, 0.717) is 18.6 Å². The highest BCUT2D eigenvalue weighted by molar-refractivity contribution is 5.74. The lowest BCUT2D eigenvalue weighted by Crippen LogP contribution is -2.49. The minimum absolute atomic E-state index is 0.0580. The van der Waals surface area contributed by atoms with Crippen LogP contribution >= 0.6 is 0 Å². The quantitative estimate of drug-likeness (QED) is 0.916. The van der Waals surface area contributed by atoms with Crippen molar-refractivity contribution in [3.05, 3.63) is 29.8 Å². The highest BCUT2D eigenvalue weighted by Gasteiger charge is 2.33. The smallest absolute Gasteiger partial charge is 0.317 e. The summed E-state index contributed by atoms with van der Waals surface area (Å²) in [5, 5.41) is 3.19. The normalized spacial score (nSPS) is 27.6. The Morgan fingerprint density at radius 3 is 2.80 bits per heavy atom. The fourth-order valence-electron chi connectivity index (χ4n) is 4.44. The number of nitrogens with zero attached hydrogens (tertiary/aromatic N) is 1. The lowest BCUT2D eigenvalue weighted by molar-refractivity contribution is 0.0370. The van der Waals surface area contributed by atoms with Crippen LogP contribution in [0.15, 0.2) is 24.3 Å². The summed E-state index contributed by atoms with van der Waals surface area (Å²) >= 11 is 0. The van der Waals surface area contributed by atoms with E-state index in [1.54, 1.807) is 0 Å². The molecule has 0 unspecified atom stereocenters. The number of carbonyl (C=O) groups is 1. The summed E-state index contributed by atoms with van der Waals surface area (Å²) in [6.45, 7) is 5.30. The molecule has 3 heterocycles. The van der Waals surface area contributed by atoms with Crippen LogP contribution in [-0.4, -0.2) is 49.4 Å². The number of ether oxygens (including phenoxy) is 2. The molecule has 5 nitrogen and oxygen atoms in total. The van der Waals surface area contributed by atoms with Crippen molar-refractivity contribution in [3.8, 4) is 5.75 Å². The van der Waals surface area contributed by atoms with Crippen molar-refractivity contribution in [2.24, 2.45) is 5.92 Å². The molecular weight excluding hydrogens is 316 g/mol. The molecule has 4 rings (SSSR count). The third kappa shape index (κ3) is 3.47. The summed E-state index contributed by atoms with van der Waals surface area (Å²) < 4.78 is 11.6. The predicted octanol–water partition coefficient (Wildman–Crippen LogP) is 3.15. The van der Waals surface area contributed by atoms with Crippen LogP contribution in [0, 0.1) is 5.92 Å². The molecule has 5 heteroatoms. The van der Waals surface area contributed by atoms with Crippen molar-refractivity contribution in [1.82, 2.24) is 10.2 Å². The topological polar surface area (TPSA) is 50.8 Å². The van der Waals surface area contributed by atoms with Crippen LogP contribution in [0.1, 0.15) is 44.1 Å². The maximum Gasteiger partial charge on any atom is 0.317 e. The first-order valence-corrected chi connectivity index (χ1v) is 9.61. The van der Waals surface area contributed by atoms with Gasteiger partial charge in [-0.25, -0.2) is 4.79 Å². The number of fused-ring (bicyclic) bond motifs is 1. The van der Waals surface area contributed by atoms with Crippen molar-refractivity contribution in [3.63, 3.8) is 0 Å². The lowest BCUT2D eigenvalue weighted by Gasteiger charge is -2.35. The van der Waals surface area contributed by atoms with Crippen LogP contribution in [0.25, 0.3) is 0 Å². The van der Waals surface area contributed by atoms with E-state index in [9.17, 15) is 4.79 Å². The molecule has 0 aliphatic carbocycles. The molecule has 0 aromatic heterocycles. The van der Waals surface area contributed by atoms with Gasteiger partial charge in [0.2, 0.25) is 0 Å². The van der Waals surface area contributed by atoms with Crippen molar-refractivity contribution in [1.29, 1.82) is 0 Å². The van der Waals surface area contributed by atoms with E-state index in [2.05, 4.69) is 18.3 Å². The fourth-order valence-corrected chi connectivity index (χ4v) is 4.44. The molecule has 1 N–H and O–H groups in total. The number of likely N-dealkylation sites (tertiary alicyclic amines) is 1. The Bertz CT molecular complexity index is 607. The van der Waals surface area contributed by atoms with Gasteiger partial charge in [0.05, 0.1) is 12.7 Å². The third-order valence-electron chi connectivity index (χ3n) is 6.01. The average molecular weight is 344 g/mol. The second-order valence-corrected chi connectivity index (χ2v) is 7.57. The van der Waals surface area contributed by atoms with Gasteiger partial charge in [0.25, 0.3) is 0 Å². The standard InChI is InChI=1S/C20H28N2O3/c1-14(17-13-25-19-6-3-2-5-16(17)19)21-20(23)22-10-8-15(9-11-22)18-7-4-12-24-18/h2-3,5-6,14-15,17-18H,4,7-13H2,1H3,(H,21,23)/t14-,17+,18+/m0/s1. The highest BCUT2D eigenvalue weighted by atomic mass is 16.5. The van der Waals surface area contributed by atoms with Crippen molar-refractivity contribution in [2.45, 2.75) is 50.7 Å². The zero-order valence-electron chi connectivity index (χ0n) is 14.9. The van der Waals surface area contributed by atoms with Gasteiger partial charge in [0, 0.05) is 37.2 Å². The number of carbonyl (C=O) groups excluding carboxylic acids is 1. The van der Waals surface area contributed by atoms with Gasteiger partial charge in [0.1, 0.15) is 5.75 Å². The van der Waals surface area contributed by atoms with Crippen LogP contribution in [0.2, 0.25) is 0 Å². The molecular formula is C20H28N2O3. The second-order valence-electron chi connectivity index (χ2n) is 7.57. The zero-order valence-corrected chi connectivity index (χ0v) is 14.9. The summed E-state index contributed by atoms with van der Waals surface area (Å²) in [7, 11) is 0. The van der Waals surface area contributed by atoms with Gasteiger partial charge in [-0.3, -0.25) is 0 Å². The fraction of sp³-hybridized carbons (Fsp3) is 0.650. The maximum atomic E-state index is 12.6. The largest absolute Gasteiger partial charge is 0.493 e. The molecule has 25 heavy (non-hydrogen) atoms. The molecule has 2 fully saturated rings. The average Bonchev–Trinajstić information content (AvgIpc) is 3.31. The molecule has 0 spiro atoms. The SMILES string of the molecule is C[C@H](NC(=O)N1CCC([C@H]2CCCO2)CC1)[C@H]1COc2ccccc21. The maximum absolute atomic E-state index is 12.6. The number of piperidine rings is 1. The predicted molar refractivity (Wildman–Crippen MR) is 95.9 cm³/mol. The van der Waals surface area contributed by atoms with Crippen LogP contribution in [0.5, 0.6) is 5.75 Å². The van der Waals surface area contributed by atoms with Crippen molar-refractivity contribution in [2.75, 3.05) is 26.3 Å². The van der Waals surface area contributed by atoms with E-state index >= 15 is 0 Å². The minimum atomic E-state index is 0.0580. The number of hydrogen-bond acceptors (Lipinski definition) is 3. The van der Waals surface area contributed by atoms with Crippen LogP contribution in [0.4, 0.5) is 4.79 Å². The van der Waals surface area contributed by atoms with Gasteiger partial charge in [-0.1, -0.05) is 18.2 Å². The van der Waals surface area contributed by atoms with E-state index in [1.807, 2.05) is 23.1 Å². The number of para-hydroxylation sites is 1. The van der Waals surface area contributed by atoms with E-state index in [1.165, 1.54) is 18.4 Å². The first-order valence-electron chi connectivity index (χ1n) is 9.61. The summed E-state index contributed by atoms with van der Waals surface area (Å²) in [6.07, 6.45) is 4.92.